The lowest BCUT2D eigenvalue weighted by Gasteiger charge is -2.46. The molecule has 1 aromatic rings. The second kappa shape index (κ2) is 6.04. The fourth-order valence-corrected chi connectivity index (χ4v) is 4.63. The molecule has 0 radical (unpaired) electrons. The van der Waals surface area contributed by atoms with Crippen LogP contribution in [0.1, 0.15) is 70.2 Å². The van der Waals surface area contributed by atoms with Crippen molar-refractivity contribution in [3.8, 4) is 0 Å². The molecule has 7 nitrogen and oxygen atoms in total. The third-order valence-corrected chi connectivity index (χ3v) is 6.71. The van der Waals surface area contributed by atoms with E-state index in [-0.39, 0.29) is 11.0 Å². The zero-order valence-electron chi connectivity index (χ0n) is 15.7. The van der Waals surface area contributed by atoms with E-state index in [1.807, 2.05) is 0 Å². The Balaban J connectivity index is 1.66. The van der Waals surface area contributed by atoms with Crippen molar-refractivity contribution < 1.29 is 4.79 Å². The number of hydrogen-bond donors (Lipinski definition) is 0. The second-order valence-electron chi connectivity index (χ2n) is 8.70. The third kappa shape index (κ3) is 2.76. The Hall–Kier alpha value is -1.50. The fraction of sp³-hybridized carbons (Fsp3) is 0.889. The van der Waals surface area contributed by atoms with E-state index >= 15 is 0 Å². The molecule has 1 aliphatic heterocycles. The standard InChI is InChI=1S/C18H30N6O/c1-17(10-11-17)16(25)23-12-6-9-18(13-23,22(2)3)15-19-20-21-24(15)14-7-4-5-8-14/h14H,4-13H2,1-3H3. The van der Waals surface area contributed by atoms with E-state index < -0.39 is 0 Å². The van der Waals surface area contributed by atoms with E-state index in [4.69, 9.17) is 0 Å². The maximum Gasteiger partial charge on any atom is 0.228 e. The molecular formula is C18H30N6O. The first-order valence-electron chi connectivity index (χ1n) is 9.71. The van der Waals surface area contributed by atoms with Gasteiger partial charge in [0.25, 0.3) is 0 Å². The number of piperidine rings is 1. The molecule has 0 spiro atoms. The van der Waals surface area contributed by atoms with Gasteiger partial charge in [-0.1, -0.05) is 19.8 Å². The van der Waals surface area contributed by atoms with Crippen LogP contribution >= 0.6 is 0 Å². The number of tetrazole rings is 1. The smallest absolute Gasteiger partial charge is 0.228 e. The lowest BCUT2D eigenvalue weighted by Crippen LogP contribution is -2.57. The summed E-state index contributed by atoms with van der Waals surface area (Å²) in [5.41, 5.74) is -0.405. The number of amides is 1. The Bertz CT molecular complexity index is 646. The molecule has 2 saturated carbocycles. The van der Waals surface area contributed by atoms with E-state index in [0.29, 0.717) is 18.5 Å². The Morgan fingerprint density at radius 1 is 1.16 bits per heavy atom. The summed E-state index contributed by atoms with van der Waals surface area (Å²) in [6.07, 6.45) is 8.85. The highest BCUT2D eigenvalue weighted by Crippen LogP contribution is 2.48. The highest BCUT2D eigenvalue weighted by molar-refractivity contribution is 5.85. The average Bonchev–Trinajstić information content (AvgIpc) is 3.04. The summed E-state index contributed by atoms with van der Waals surface area (Å²) in [4.78, 5) is 17.3. The number of rotatable bonds is 4. The number of likely N-dealkylation sites (N-methyl/N-ethyl adjacent to an activating group) is 1. The SMILES string of the molecule is CN(C)C1(c2nnnn2C2CCCC2)CCCN(C(=O)C2(C)CC2)C1. The Morgan fingerprint density at radius 3 is 2.52 bits per heavy atom. The van der Waals surface area contributed by atoms with E-state index in [0.717, 1.165) is 50.9 Å². The van der Waals surface area contributed by atoms with Crippen molar-refractivity contribution in [2.75, 3.05) is 27.2 Å². The molecule has 2 aliphatic carbocycles. The molecule has 1 atom stereocenters. The van der Waals surface area contributed by atoms with Crippen molar-refractivity contribution in [1.29, 1.82) is 0 Å². The number of likely N-dealkylation sites (tertiary alicyclic amines) is 1. The molecule has 7 heteroatoms. The Labute approximate surface area is 149 Å². The molecule has 0 aromatic carbocycles. The van der Waals surface area contributed by atoms with Gasteiger partial charge in [-0.2, -0.15) is 0 Å². The normalized spacial score (nSPS) is 29.4. The van der Waals surface area contributed by atoms with Crippen molar-refractivity contribution in [2.45, 2.75) is 69.9 Å². The minimum atomic E-state index is -0.286. The van der Waals surface area contributed by atoms with Gasteiger partial charge in [0.05, 0.1) is 6.04 Å². The van der Waals surface area contributed by atoms with E-state index in [1.54, 1.807) is 0 Å². The molecule has 4 rings (SSSR count). The molecule has 0 bridgehead atoms. The average molecular weight is 346 g/mol. The molecule has 1 amide bonds. The van der Waals surface area contributed by atoms with Gasteiger partial charge in [0.1, 0.15) is 5.54 Å². The van der Waals surface area contributed by atoms with Crippen LogP contribution in [0.5, 0.6) is 0 Å². The van der Waals surface area contributed by atoms with Gasteiger partial charge in [0.2, 0.25) is 5.91 Å². The van der Waals surface area contributed by atoms with E-state index in [1.165, 1.54) is 12.8 Å². The first-order chi connectivity index (χ1) is 12.0. The molecule has 3 aliphatic rings. The molecule has 1 unspecified atom stereocenters. The predicted octanol–water partition coefficient (Wildman–Crippen LogP) is 1.97. The van der Waals surface area contributed by atoms with Crippen molar-refractivity contribution in [1.82, 2.24) is 30.0 Å². The van der Waals surface area contributed by atoms with Gasteiger partial charge in [0, 0.05) is 18.5 Å². The molecular weight excluding hydrogens is 316 g/mol. The predicted molar refractivity (Wildman–Crippen MR) is 93.8 cm³/mol. The zero-order valence-corrected chi connectivity index (χ0v) is 15.7. The van der Waals surface area contributed by atoms with E-state index in [9.17, 15) is 4.79 Å². The minimum absolute atomic E-state index is 0.118. The highest BCUT2D eigenvalue weighted by atomic mass is 16.2. The highest BCUT2D eigenvalue weighted by Gasteiger charge is 2.51. The molecule has 0 N–H and O–H groups in total. The second-order valence-corrected chi connectivity index (χ2v) is 8.70. The van der Waals surface area contributed by atoms with Crippen molar-refractivity contribution >= 4 is 5.91 Å². The van der Waals surface area contributed by atoms with Crippen LogP contribution in [0.15, 0.2) is 0 Å². The molecule has 2 heterocycles. The van der Waals surface area contributed by atoms with Crippen LogP contribution < -0.4 is 0 Å². The van der Waals surface area contributed by atoms with Crippen LogP contribution in [-0.2, 0) is 10.3 Å². The topological polar surface area (TPSA) is 67.2 Å². The van der Waals surface area contributed by atoms with Crippen LogP contribution in [0.25, 0.3) is 0 Å². The lowest BCUT2D eigenvalue weighted by atomic mass is 9.85. The minimum Gasteiger partial charge on any atom is -0.340 e. The van der Waals surface area contributed by atoms with Crippen LogP contribution in [0, 0.1) is 5.41 Å². The van der Waals surface area contributed by atoms with Crippen LogP contribution in [0.2, 0.25) is 0 Å². The zero-order chi connectivity index (χ0) is 17.7. The van der Waals surface area contributed by atoms with Crippen LogP contribution in [-0.4, -0.2) is 63.1 Å². The van der Waals surface area contributed by atoms with Gasteiger partial charge in [-0.05, 0) is 63.0 Å². The quantitative estimate of drug-likeness (QED) is 0.834. The largest absolute Gasteiger partial charge is 0.340 e. The fourth-order valence-electron chi connectivity index (χ4n) is 4.63. The van der Waals surface area contributed by atoms with Crippen molar-refractivity contribution in [2.24, 2.45) is 5.41 Å². The van der Waals surface area contributed by atoms with E-state index in [2.05, 4.69) is 51.0 Å². The summed E-state index contributed by atoms with van der Waals surface area (Å²) in [6.45, 7) is 3.65. The summed E-state index contributed by atoms with van der Waals surface area (Å²) in [7, 11) is 4.20. The van der Waals surface area contributed by atoms with Crippen molar-refractivity contribution in [3.63, 3.8) is 0 Å². The lowest BCUT2D eigenvalue weighted by molar-refractivity contribution is -0.140. The van der Waals surface area contributed by atoms with Gasteiger partial charge in [0.15, 0.2) is 5.82 Å². The van der Waals surface area contributed by atoms with Gasteiger partial charge >= 0.3 is 0 Å². The summed E-state index contributed by atoms with van der Waals surface area (Å²) >= 11 is 0. The summed E-state index contributed by atoms with van der Waals surface area (Å²) in [5.74, 6) is 1.26. The Kier molecular flexibility index (Phi) is 4.09. The summed E-state index contributed by atoms with van der Waals surface area (Å²) in [5, 5.41) is 12.9. The van der Waals surface area contributed by atoms with Crippen LogP contribution in [0.4, 0.5) is 0 Å². The van der Waals surface area contributed by atoms with Gasteiger partial charge in [-0.25, -0.2) is 4.68 Å². The summed E-state index contributed by atoms with van der Waals surface area (Å²) < 4.78 is 2.07. The van der Waals surface area contributed by atoms with Gasteiger partial charge in [-0.3, -0.25) is 9.69 Å². The van der Waals surface area contributed by atoms with Gasteiger partial charge in [-0.15, -0.1) is 5.10 Å². The first-order valence-corrected chi connectivity index (χ1v) is 9.71. The third-order valence-electron chi connectivity index (χ3n) is 6.71. The molecule has 138 valence electrons. The van der Waals surface area contributed by atoms with Gasteiger partial charge < -0.3 is 4.90 Å². The molecule has 25 heavy (non-hydrogen) atoms. The Morgan fingerprint density at radius 2 is 1.88 bits per heavy atom. The van der Waals surface area contributed by atoms with Crippen LogP contribution in [0.3, 0.4) is 0 Å². The molecule has 1 aromatic heterocycles. The molecule has 1 saturated heterocycles. The number of carbonyl (C=O) groups excluding carboxylic acids is 1. The maximum atomic E-state index is 13.0. The summed E-state index contributed by atoms with van der Waals surface area (Å²) in [6, 6.07) is 0.411. The number of hydrogen-bond acceptors (Lipinski definition) is 5. The number of carbonyl (C=O) groups is 1. The van der Waals surface area contributed by atoms with Crippen molar-refractivity contribution in [3.05, 3.63) is 5.82 Å². The first kappa shape index (κ1) is 16.9. The maximum absolute atomic E-state index is 13.0. The number of aromatic nitrogens is 4. The number of nitrogens with zero attached hydrogens (tertiary/aromatic N) is 6. The molecule has 3 fully saturated rings. The monoisotopic (exact) mass is 346 g/mol.